The van der Waals surface area contributed by atoms with Crippen LogP contribution < -0.4 is 10.2 Å². The van der Waals surface area contributed by atoms with Crippen molar-refractivity contribution in [2.45, 2.75) is 72.2 Å². The van der Waals surface area contributed by atoms with Gasteiger partial charge in [-0.05, 0) is 70.1 Å². The van der Waals surface area contributed by atoms with E-state index in [9.17, 15) is 4.39 Å². The van der Waals surface area contributed by atoms with E-state index in [4.69, 9.17) is 9.98 Å². The number of benzene rings is 1. The van der Waals surface area contributed by atoms with Crippen molar-refractivity contribution in [3.05, 3.63) is 70.5 Å². The Labute approximate surface area is 231 Å². The molecule has 2 aromatic rings. The first kappa shape index (κ1) is 29.4. The number of H-pyrrole nitrogens is 1. The van der Waals surface area contributed by atoms with Gasteiger partial charge in [-0.15, -0.1) is 11.8 Å². The third-order valence-electron chi connectivity index (χ3n) is 6.74. The second kappa shape index (κ2) is 13.1. The molecule has 38 heavy (non-hydrogen) atoms. The fourth-order valence-electron chi connectivity index (χ4n) is 4.34. The number of allylic oxidation sites excluding steroid dienone is 4. The summed E-state index contributed by atoms with van der Waals surface area (Å²) in [7, 11) is 1.84. The lowest BCUT2D eigenvalue weighted by atomic mass is 9.87. The predicted molar refractivity (Wildman–Crippen MR) is 162 cm³/mol. The largest absolute Gasteiger partial charge is 0.331 e. The van der Waals surface area contributed by atoms with Gasteiger partial charge in [0.05, 0.1) is 17.4 Å². The smallest absolute Gasteiger partial charge is 0.153 e. The number of aromatic nitrogens is 2. The van der Waals surface area contributed by atoms with E-state index in [0.29, 0.717) is 23.2 Å². The van der Waals surface area contributed by atoms with Crippen LogP contribution in [0.15, 0.2) is 73.8 Å². The standard InChI is InChI=1S/C30H41FN6S/c1-10-19(5)29(25-14-12-22(11-2)33-25)28(18(3)4)30(34-27-16-20(6)35-36-27)32-21(7)37(8)26-15-13-23(38-9)17-24(26)31/h12-18,22H,10-11H2,1-9H3,(H2,34,35,36)/b29-19+,30-28+,32-21+. The lowest BCUT2D eigenvalue weighted by Crippen LogP contribution is -2.26. The molecule has 0 saturated heterocycles. The fourth-order valence-corrected chi connectivity index (χ4v) is 4.77. The van der Waals surface area contributed by atoms with E-state index in [1.807, 2.05) is 39.3 Å². The lowest BCUT2D eigenvalue weighted by Gasteiger charge is -2.24. The maximum atomic E-state index is 15.0. The van der Waals surface area contributed by atoms with Crippen molar-refractivity contribution in [1.82, 2.24) is 10.2 Å². The van der Waals surface area contributed by atoms with Crippen LogP contribution in [-0.2, 0) is 0 Å². The molecule has 0 fully saturated rings. The van der Waals surface area contributed by atoms with Crippen LogP contribution in [0, 0.1) is 18.7 Å². The van der Waals surface area contributed by atoms with Gasteiger partial charge < -0.3 is 10.2 Å². The molecule has 1 atom stereocenters. The SMILES string of the molecule is CC/C(C)=C(C1=NC(CC)C=C1)/C(=C(\N=C(/C)N(C)c1ccc(SC)cc1F)Nc1cc(C)[nH]n1)C(C)C. The molecule has 1 aliphatic rings. The third kappa shape index (κ3) is 6.84. The van der Waals surface area contributed by atoms with Crippen LogP contribution in [0.25, 0.3) is 0 Å². The number of thioether (sulfide) groups is 1. The number of nitrogens with zero attached hydrogens (tertiary/aromatic N) is 4. The Bertz CT molecular complexity index is 1300. The molecule has 1 aromatic carbocycles. The number of hydrogen-bond donors (Lipinski definition) is 2. The molecule has 0 bridgehead atoms. The van der Waals surface area contributed by atoms with Gasteiger partial charge in [-0.1, -0.05) is 39.3 Å². The Morgan fingerprint density at radius 3 is 2.50 bits per heavy atom. The molecule has 2 N–H and O–H groups in total. The maximum absolute atomic E-state index is 15.0. The minimum absolute atomic E-state index is 0.130. The van der Waals surface area contributed by atoms with Gasteiger partial charge in [0.15, 0.2) is 5.82 Å². The van der Waals surface area contributed by atoms with Gasteiger partial charge >= 0.3 is 0 Å². The molecule has 0 radical (unpaired) electrons. The number of nitrogens with one attached hydrogen (secondary N) is 2. The average Bonchev–Trinajstić information content (AvgIpc) is 3.54. The highest BCUT2D eigenvalue weighted by atomic mass is 32.2. The van der Waals surface area contributed by atoms with Crippen molar-refractivity contribution >= 4 is 34.8 Å². The lowest BCUT2D eigenvalue weighted by molar-refractivity contribution is 0.624. The topological polar surface area (TPSA) is 68.7 Å². The van der Waals surface area contributed by atoms with Gasteiger partial charge in [0.25, 0.3) is 0 Å². The molecule has 6 nitrogen and oxygen atoms in total. The van der Waals surface area contributed by atoms with Gasteiger partial charge in [0.1, 0.15) is 17.5 Å². The third-order valence-corrected chi connectivity index (χ3v) is 7.47. The number of amidine groups is 1. The van der Waals surface area contributed by atoms with Crippen LogP contribution in [0.1, 0.15) is 60.1 Å². The summed E-state index contributed by atoms with van der Waals surface area (Å²) >= 11 is 1.52. The van der Waals surface area contributed by atoms with E-state index < -0.39 is 0 Å². The number of rotatable bonds is 10. The van der Waals surface area contributed by atoms with Crippen molar-refractivity contribution in [2.75, 3.05) is 23.5 Å². The van der Waals surface area contributed by atoms with Crippen molar-refractivity contribution in [3.63, 3.8) is 0 Å². The summed E-state index contributed by atoms with van der Waals surface area (Å²) in [5, 5.41) is 10.9. The number of hydrogen-bond acceptors (Lipinski definition) is 5. The highest BCUT2D eigenvalue weighted by molar-refractivity contribution is 7.98. The summed E-state index contributed by atoms with van der Waals surface area (Å²) in [6.07, 6.45) is 8.09. The second-order valence-corrected chi connectivity index (χ2v) is 10.8. The van der Waals surface area contributed by atoms with Crippen molar-refractivity contribution in [1.29, 1.82) is 0 Å². The Hall–Kier alpha value is -3.13. The number of halogens is 1. The molecule has 1 unspecified atom stereocenters. The van der Waals surface area contributed by atoms with E-state index >= 15 is 0 Å². The molecule has 1 aliphatic heterocycles. The highest BCUT2D eigenvalue weighted by Gasteiger charge is 2.25. The molecular weight excluding hydrogens is 495 g/mol. The Balaban J connectivity index is 2.22. The van der Waals surface area contributed by atoms with Crippen LogP contribution in [0.5, 0.6) is 0 Å². The van der Waals surface area contributed by atoms with Gasteiger partial charge in [-0.25, -0.2) is 9.38 Å². The molecule has 0 saturated carbocycles. The molecule has 204 valence electrons. The summed E-state index contributed by atoms with van der Waals surface area (Å²) in [5.41, 5.74) is 5.81. The van der Waals surface area contributed by atoms with E-state index in [2.05, 4.69) is 62.3 Å². The fraction of sp³-hybridized carbons (Fsp3) is 0.433. The quantitative estimate of drug-likeness (QED) is 0.140. The molecule has 1 aromatic heterocycles. The summed E-state index contributed by atoms with van der Waals surface area (Å²) in [6, 6.07) is 7.42. The first-order valence-corrected chi connectivity index (χ1v) is 14.4. The Morgan fingerprint density at radius 1 is 1.24 bits per heavy atom. The molecule has 2 heterocycles. The average molecular weight is 537 g/mol. The molecule has 0 aliphatic carbocycles. The monoisotopic (exact) mass is 536 g/mol. The summed E-state index contributed by atoms with van der Waals surface area (Å²) in [6.45, 7) is 14.7. The summed E-state index contributed by atoms with van der Waals surface area (Å²) in [5.74, 6) is 1.85. The van der Waals surface area contributed by atoms with E-state index in [0.717, 1.165) is 40.3 Å². The molecule has 0 amide bonds. The van der Waals surface area contributed by atoms with Gasteiger partial charge in [-0.2, -0.15) is 5.10 Å². The minimum atomic E-state index is -0.280. The first-order valence-electron chi connectivity index (χ1n) is 13.2. The van der Waals surface area contributed by atoms with Crippen LogP contribution in [0.2, 0.25) is 0 Å². The van der Waals surface area contributed by atoms with Gasteiger partial charge in [-0.3, -0.25) is 10.1 Å². The molecule has 8 heteroatoms. The number of anilines is 2. The van der Waals surface area contributed by atoms with Crippen molar-refractivity contribution in [3.8, 4) is 0 Å². The van der Waals surface area contributed by atoms with Crippen molar-refractivity contribution < 1.29 is 4.39 Å². The Kier molecular flexibility index (Phi) is 10.1. The second-order valence-electron chi connectivity index (χ2n) is 9.87. The van der Waals surface area contributed by atoms with Crippen LogP contribution in [0.4, 0.5) is 15.9 Å². The minimum Gasteiger partial charge on any atom is -0.331 e. The summed E-state index contributed by atoms with van der Waals surface area (Å²) in [4.78, 5) is 12.8. The van der Waals surface area contributed by atoms with Gasteiger partial charge in [0.2, 0.25) is 0 Å². The number of aryl methyl sites for hydroxylation is 1. The van der Waals surface area contributed by atoms with Crippen LogP contribution >= 0.6 is 11.8 Å². The zero-order valence-electron chi connectivity index (χ0n) is 24.1. The van der Waals surface area contributed by atoms with E-state index in [1.165, 1.54) is 17.3 Å². The van der Waals surface area contributed by atoms with E-state index in [1.54, 1.807) is 17.0 Å². The molecule has 0 spiro atoms. The highest BCUT2D eigenvalue weighted by Crippen LogP contribution is 2.33. The predicted octanol–water partition coefficient (Wildman–Crippen LogP) is 7.93. The first-order chi connectivity index (χ1) is 18.1. The van der Waals surface area contributed by atoms with Crippen molar-refractivity contribution in [2.24, 2.45) is 15.9 Å². The molecular formula is C30H41FN6S. The number of aliphatic imine (C=N–C) groups is 2. The van der Waals surface area contributed by atoms with Crippen LogP contribution in [0.3, 0.4) is 0 Å². The van der Waals surface area contributed by atoms with Gasteiger partial charge in [0, 0.05) is 34.8 Å². The van der Waals surface area contributed by atoms with Crippen LogP contribution in [-0.4, -0.2) is 41.1 Å². The Morgan fingerprint density at radius 2 is 1.97 bits per heavy atom. The maximum Gasteiger partial charge on any atom is 0.153 e. The number of aromatic amines is 1. The molecule has 3 rings (SSSR count). The van der Waals surface area contributed by atoms with E-state index in [-0.39, 0.29) is 17.8 Å². The zero-order valence-corrected chi connectivity index (χ0v) is 24.9. The summed E-state index contributed by atoms with van der Waals surface area (Å²) < 4.78 is 15.0. The zero-order chi connectivity index (χ0) is 28.0. The normalized spacial score (nSPS) is 17.0.